The lowest BCUT2D eigenvalue weighted by Gasteiger charge is -2.26. The van der Waals surface area contributed by atoms with Crippen LogP contribution >= 0.6 is 11.3 Å². The maximum absolute atomic E-state index is 2.38. The van der Waals surface area contributed by atoms with E-state index in [2.05, 4.69) is 217 Å². The summed E-state index contributed by atoms with van der Waals surface area (Å²) in [6, 6.07) is 77.1. The van der Waals surface area contributed by atoms with Crippen molar-refractivity contribution in [2.45, 2.75) is 0 Å². The topological polar surface area (TPSA) is 3.24 Å². The lowest BCUT2D eigenvalue weighted by molar-refractivity contribution is 1.29. The molecule has 0 aliphatic carbocycles. The molecule has 0 bridgehead atoms. The number of hydrogen-bond acceptors (Lipinski definition) is 2. The summed E-state index contributed by atoms with van der Waals surface area (Å²) in [5.74, 6) is 0. The van der Waals surface area contributed by atoms with Crippen molar-refractivity contribution < 1.29 is 0 Å². The number of rotatable bonds is 7. The molecule has 1 nitrogen and oxygen atoms in total. The third-order valence-electron chi connectivity index (χ3n) is 10.5. The van der Waals surface area contributed by atoms with E-state index in [4.69, 9.17) is 0 Å². The van der Waals surface area contributed by atoms with E-state index >= 15 is 0 Å². The smallest absolute Gasteiger partial charge is 0.0476 e. The third kappa shape index (κ3) is 5.93. The predicted molar refractivity (Wildman–Crippen MR) is 233 cm³/mol. The van der Waals surface area contributed by atoms with Gasteiger partial charge < -0.3 is 4.90 Å². The van der Waals surface area contributed by atoms with Crippen LogP contribution in [0.3, 0.4) is 0 Å². The van der Waals surface area contributed by atoms with E-state index in [1.54, 1.807) is 0 Å². The standard InChI is InChI=1S/C52H35NS/c1-2-10-36(11-3-1)37-20-22-38(23-21-37)39-24-28-44(29-25-39)53(46-32-33-50-49-17-6-7-19-51(49)54-52(50)35-46)45-30-26-40(27-31-45)42-14-8-15-43(34-42)48-18-9-13-41-12-4-5-16-47(41)48/h1-35H. The monoisotopic (exact) mass is 705 g/mol. The van der Waals surface area contributed by atoms with Gasteiger partial charge in [0.1, 0.15) is 0 Å². The second-order valence-corrected chi connectivity index (χ2v) is 14.8. The molecule has 0 unspecified atom stereocenters. The zero-order valence-corrected chi connectivity index (χ0v) is 30.4. The molecule has 1 aromatic heterocycles. The Kier molecular flexibility index (Phi) is 8.09. The fourth-order valence-electron chi connectivity index (χ4n) is 7.74. The minimum atomic E-state index is 1.12. The third-order valence-corrected chi connectivity index (χ3v) is 11.6. The van der Waals surface area contributed by atoms with Gasteiger partial charge in [0, 0.05) is 37.2 Å². The second-order valence-electron chi connectivity index (χ2n) is 13.8. The maximum atomic E-state index is 2.38. The molecule has 10 rings (SSSR count). The van der Waals surface area contributed by atoms with E-state index < -0.39 is 0 Å². The van der Waals surface area contributed by atoms with Gasteiger partial charge in [-0.15, -0.1) is 11.3 Å². The highest BCUT2D eigenvalue weighted by Gasteiger charge is 2.16. The molecular weight excluding hydrogens is 671 g/mol. The van der Waals surface area contributed by atoms with E-state index in [0.29, 0.717) is 0 Å². The first-order valence-electron chi connectivity index (χ1n) is 18.4. The van der Waals surface area contributed by atoms with Gasteiger partial charge in [0.05, 0.1) is 0 Å². The van der Waals surface area contributed by atoms with Gasteiger partial charge in [-0.3, -0.25) is 0 Å². The van der Waals surface area contributed by atoms with Crippen molar-refractivity contribution >= 4 is 59.3 Å². The first-order valence-corrected chi connectivity index (χ1v) is 19.2. The van der Waals surface area contributed by atoms with Gasteiger partial charge in [-0.05, 0) is 104 Å². The predicted octanol–water partition coefficient (Wildman–Crippen LogP) is 15.3. The van der Waals surface area contributed by atoms with E-state index in [-0.39, 0.29) is 0 Å². The van der Waals surface area contributed by atoms with Crippen LogP contribution in [-0.4, -0.2) is 0 Å². The molecule has 0 aliphatic rings. The van der Waals surface area contributed by atoms with Crippen LogP contribution in [0.4, 0.5) is 17.1 Å². The largest absolute Gasteiger partial charge is 0.310 e. The Labute approximate surface area is 319 Å². The van der Waals surface area contributed by atoms with Crippen LogP contribution in [0.2, 0.25) is 0 Å². The summed E-state index contributed by atoms with van der Waals surface area (Å²) in [6.07, 6.45) is 0. The Balaban J connectivity index is 1.01. The molecule has 1 heterocycles. The summed E-state index contributed by atoms with van der Waals surface area (Å²) in [5, 5.41) is 5.14. The Morgan fingerprint density at radius 3 is 1.48 bits per heavy atom. The molecule has 0 amide bonds. The average Bonchev–Trinajstić information content (AvgIpc) is 3.62. The molecule has 0 spiro atoms. The fraction of sp³-hybridized carbons (Fsp3) is 0. The summed E-state index contributed by atoms with van der Waals surface area (Å²) < 4.78 is 2.60. The summed E-state index contributed by atoms with van der Waals surface area (Å²) >= 11 is 1.86. The highest BCUT2D eigenvalue weighted by atomic mass is 32.1. The van der Waals surface area contributed by atoms with Crippen LogP contribution in [-0.2, 0) is 0 Å². The van der Waals surface area contributed by atoms with E-state index in [9.17, 15) is 0 Å². The van der Waals surface area contributed by atoms with Gasteiger partial charge in [0.25, 0.3) is 0 Å². The van der Waals surface area contributed by atoms with Crippen LogP contribution in [0.15, 0.2) is 212 Å². The lowest BCUT2D eigenvalue weighted by atomic mass is 9.95. The molecule has 254 valence electrons. The quantitative estimate of drug-likeness (QED) is 0.160. The highest BCUT2D eigenvalue weighted by molar-refractivity contribution is 7.25. The maximum Gasteiger partial charge on any atom is 0.0476 e. The Hall–Kier alpha value is -6.74. The second kappa shape index (κ2) is 13.7. The number of fused-ring (bicyclic) bond motifs is 4. The lowest BCUT2D eigenvalue weighted by Crippen LogP contribution is -2.09. The molecule has 10 aromatic rings. The number of benzene rings is 9. The molecule has 9 aromatic carbocycles. The number of nitrogens with zero attached hydrogens (tertiary/aromatic N) is 1. The average molecular weight is 706 g/mol. The van der Waals surface area contributed by atoms with Gasteiger partial charge in [-0.2, -0.15) is 0 Å². The summed E-state index contributed by atoms with van der Waals surface area (Å²) in [7, 11) is 0. The Morgan fingerprint density at radius 2 is 0.759 bits per heavy atom. The van der Waals surface area contributed by atoms with Crippen molar-refractivity contribution in [1.82, 2.24) is 0 Å². The van der Waals surface area contributed by atoms with Crippen LogP contribution < -0.4 is 4.90 Å². The number of hydrogen-bond donors (Lipinski definition) is 0. The van der Waals surface area contributed by atoms with Gasteiger partial charge in [-0.1, -0.05) is 164 Å². The SMILES string of the molecule is c1ccc(-c2ccc(-c3ccc(N(c4ccc(-c5cccc(-c6cccc7ccccc67)c5)cc4)c4ccc5c(c4)sc4ccccc45)cc3)cc2)cc1. The van der Waals surface area contributed by atoms with E-state index in [0.717, 1.165) is 17.1 Å². The van der Waals surface area contributed by atoms with Crippen molar-refractivity contribution in [2.75, 3.05) is 4.90 Å². The minimum absolute atomic E-state index is 1.12. The number of thiophene rings is 1. The van der Waals surface area contributed by atoms with Crippen molar-refractivity contribution in [3.63, 3.8) is 0 Å². The van der Waals surface area contributed by atoms with Crippen LogP contribution in [0.1, 0.15) is 0 Å². The van der Waals surface area contributed by atoms with E-state index in [1.165, 1.54) is 75.5 Å². The Morgan fingerprint density at radius 1 is 0.278 bits per heavy atom. The molecule has 0 saturated carbocycles. The van der Waals surface area contributed by atoms with Gasteiger partial charge in [0.2, 0.25) is 0 Å². The summed E-state index contributed by atoms with van der Waals surface area (Å²) in [5.41, 5.74) is 13.1. The fourth-order valence-corrected chi connectivity index (χ4v) is 8.88. The Bertz CT molecular complexity index is 2900. The van der Waals surface area contributed by atoms with Crippen LogP contribution in [0.25, 0.3) is 75.5 Å². The number of anilines is 3. The molecular formula is C52H35NS. The first-order chi connectivity index (χ1) is 26.7. The molecule has 0 radical (unpaired) electrons. The zero-order valence-electron chi connectivity index (χ0n) is 29.6. The van der Waals surface area contributed by atoms with Crippen molar-refractivity contribution in [2.24, 2.45) is 0 Å². The van der Waals surface area contributed by atoms with Crippen LogP contribution in [0.5, 0.6) is 0 Å². The van der Waals surface area contributed by atoms with Crippen molar-refractivity contribution in [3.05, 3.63) is 212 Å². The van der Waals surface area contributed by atoms with Gasteiger partial charge >= 0.3 is 0 Å². The molecule has 0 aliphatic heterocycles. The molecule has 2 heteroatoms. The van der Waals surface area contributed by atoms with Gasteiger partial charge in [0.15, 0.2) is 0 Å². The van der Waals surface area contributed by atoms with Crippen LogP contribution in [0, 0.1) is 0 Å². The summed E-state index contributed by atoms with van der Waals surface area (Å²) in [4.78, 5) is 2.38. The van der Waals surface area contributed by atoms with Gasteiger partial charge in [-0.25, -0.2) is 0 Å². The molecule has 0 atom stereocenters. The first kappa shape index (κ1) is 32.0. The van der Waals surface area contributed by atoms with Crippen molar-refractivity contribution in [1.29, 1.82) is 0 Å². The highest BCUT2D eigenvalue weighted by Crippen LogP contribution is 2.42. The minimum Gasteiger partial charge on any atom is -0.310 e. The van der Waals surface area contributed by atoms with Crippen molar-refractivity contribution in [3.8, 4) is 44.5 Å². The normalized spacial score (nSPS) is 11.3. The molecule has 54 heavy (non-hydrogen) atoms. The summed E-state index contributed by atoms with van der Waals surface area (Å²) in [6.45, 7) is 0. The molecule has 0 N–H and O–H groups in total. The molecule has 0 saturated heterocycles. The van der Waals surface area contributed by atoms with E-state index in [1.807, 2.05) is 11.3 Å². The molecule has 0 fully saturated rings. The zero-order chi connectivity index (χ0) is 35.8.